The number of rotatable bonds is 3. The third kappa shape index (κ3) is 3.64. The van der Waals surface area contributed by atoms with Crippen LogP contribution in [0.3, 0.4) is 0 Å². The Balaban J connectivity index is 1.43. The number of nitrogens with zero attached hydrogens (tertiary/aromatic N) is 2. The van der Waals surface area contributed by atoms with Crippen LogP contribution in [0.25, 0.3) is 0 Å². The number of benzene rings is 1. The van der Waals surface area contributed by atoms with E-state index in [0.717, 1.165) is 29.8 Å². The topological polar surface area (TPSA) is 49.9 Å². The van der Waals surface area contributed by atoms with Crippen LogP contribution in [-0.4, -0.2) is 48.6 Å². The van der Waals surface area contributed by atoms with E-state index in [4.69, 9.17) is 4.74 Å². The van der Waals surface area contributed by atoms with Crippen LogP contribution in [0, 0.1) is 0 Å². The summed E-state index contributed by atoms with van der Waals surface area (Å²) in [5, 5.41) is 0. The first-order valence-corrected chi connectivity index (χ1v) is 10.3. The summed E-state index contributed by atoms with van der Waals surface area (Å²) < 4.78 is 6.00. The molecular formula is C21H24N2O3S. The SMILES string of the molecule is CCc1ccc(C(=O)N2CCC3(CC2)CN(c2ccccc2)C(=O)CO3)s1. The van der Waals surface area contributed by atoms with Crippen LogP contribution in [0.15, 0.2) is 42.5 Å². The van der Waals surface area contributed by atoms with Gasteiger partial charge in [-0.2, -0.15) is 0 Å². The number of likely N-dealkylation sites (tertiary alicyclic amines) is 1. The second-order valence-electron chi connectivity index (χ2n) is 7.20. The van der Waals surface area contributed by atoms with E-state index in [-0.39, 0.29) is 24.0 Å². The molecule has 1 aromatic carbocycles. The maximum atomic E-state index is 12.8. The number of amides is 2. The smallest absolute Gasteiger partial charge is 0.263 e. The summed E-state index contributed by atoms with van der Waals surface area (Å²) in [4.78, 5) is 30.9. The maximum absolute atomic E-state index is 12.8. The van der Waals surface area contributed by atoms with E-state index in [0.29, 0.717) is 19.6 Å². The molecule has 0 radical (unpaired) electrons. The van der Waals surface area contributed by atoms with Gasteiger partial charge in [0.05, 0.1) is 17.0 Å². The second-order valence-corrected chi connectivity index (χ2v) is 8.37. The normalized spacial score (nSPS) is 19.5. The molecule has 1 aromatic heterocycles. The highest BCUT2D eigenvalue weighted by Crippen LogP contribution is 2.33. The zero-order valence-corrected chi connectivity index (χ0v) is 16.3. The van der Waals surface area contributed by atoms with Crippen molar-refractivity contribution in [3.8, 4) is 0 Å². The summed E-state index contributed by atoms with van der Waals surface area (Å²) >= 11 is 1.58. The molecule has 0 bridgehead atoms. The van der Waals surface area contributed by atoms with Gasteiger partial charge in [0, 0.05) is 23.7 Å². The number of hydrogen-bond acceptors (Lipinski definition) is 4. The minimum absolute atomic E-state index is 0.00369. The average molecular weight is 385 g/mol. The van der Waals surface area contributed by atoms with Gasteiger partial charge in [-0.1, -0.05) is 25.1 Å². The van der Waals surface area contributed by atoms with E-state index in [1.165, 1.54) is 4.88 Å². The van der Waals surface area contributed by atoms with Gasteiger partial charge in [0.2, 0.25) is 0 Å². The number of piperidine rings is 1. The van der Waals surface area contributed by atoms with Crippen molar-refractivity contribution in [2.24, 2.45) is 0 Å². The minimum Gasteiger partial charge on any atom is -0.363 e. The van der Waals surface area contributed by atoms with Crippen molar-refractivity contribution in [2.45, 2.75) is 31.8 Å². The molecule has 142 valence electrons. The van der Waals surface area contributed by atoms with Crippen molar-refractivity contribution >= 4 is 28.8 Å². The summed E-state index contributed by atoms with van der Waals surface area (Å²) in [6, 6.07) is 13.7. The van der Waals surface area contributed by atoms with Crippen LogP contribution < -0.4 is 4.90 Å². The molecule has 0 atom stereocenters. The lowest BCUT2D eigenvalue weighted by Gasteiger charge is -2.46. The van der Waals surface area contributed by atoms with Crippen molar-refractivity contribution < 1.29 is 14.3 Å². The van der Waals surface area contributed by atoms with Crippen molar-refractivity contribution in [3.63, 3.8) is 0 Å². The Hall–Kier alpha value is -2.18. The fourth-order valence-corrected chi connectivity index (χ4v) is 4.73. The molecule has 27 heavy (non-hydrogen) atoms. The molecule has 3 heterocycles. The molecule has 6 heteroatoms. The molecule has 2 aliphatic rings. The molecule has 1 spiro atoms. The number of carbonyl (C=O) groups excluding carboxylic acids is 2. The van der Waals surface area contributed by atoms with Gasteiger partial charge >= 0.3 is 0 Å². The van der Waals surface area contributed by atoms with Crippen LogP contribution in [0.5, 0.6) is 0 Å². The van der Waals surface area contributed by atoms with Gasteiger partial charge < -0.3 is 14.5 Å². The maximum Gasteiger partial charge on any atom is 0.263 e. The van der Waals surface area contributed by atoms with Gasteiger partial charge in [-0.15, -0.1) is 11.3 Å². The number of hydrogen-bond donors (Lipinski definition) is 0. The molecule has 2 aliphatic heterocycles. The van der Waals surface area contributed by atoms with Gasteiger partial charge in [0.25, 0.3) is 11.8 Å². The monoisotopic (exact) mass is 384 g/mol. The second kappa shape index (κ2) is 7.44. The van der Waals surface area contributed by atoms with Crippen molar-refractivity contribution in [2.75, 3.05) is 31.1 Å². The van der Waals surface area contributed by atoms with Gasteiger partial charge in [-0.05, 0) is 43.5 Å². The highest BCUT2D eigenvalue weighted by atomic mass is 32.1. The van der Waals surface area contributed by atoms with E-state index in [9.17, 15) is 9.59 Å². The number of para-hydroxylation sites is 1. The third-order valence-electron chi connectivity index (χ3n) is 5.50. The Kier molecular flexibility index (Phi) is 5.02. The van der Waals surface area contributed by atoms with E-state index in [1.807, 2.05) is 52.3 Å². The Morgan fingerprint density at radius 2 is 1.89 bits per heavy atom. The fraction of sp³-hybridized carbons (Fsp3) is 0.429. The average Bonchev–Trinajstić information content (AvgIpc) is 3.20. The lowest BCUT2D eigenvalue weighted by molar-refractivity contribution is -0.143. The molecular weight excluding hydrogens is 360 g/mol. The number of thiophene rings is 1. The van der Waals surface area contributed by atoms with Crippen LogP contribution in [0.1, 0.15) is 34.3 Å². The summed E-state index contributed by atoms with van der Waals surface area (Å²) in [5.74, 6) is 0.109. The van der Waals surface area contributed by atoms with Gasteiger partial charge in [-0.25, -0.2) is 0 Å². The predicted molar refractivity (Wildman–Crippen MR) is 106 cm³/mol. The summed E-state index contributed by atoms with van der Waals surface area (Å²) in [6.45, 7) is 4.08. The molecule has 5 nitrogen and oxygen atoms in total. The van der Waals surface area contributed by atoms with Crippen LogP contribution in [0.4, 0.5) is 5.69 Å². The van der Waals surface area contributed by atoms with E-state index in [2.05, 4.69) is 6.92 Å². The molecule has 0 N–H and O–H groups in total. The molecule has 0 unspecified atom stereocenters. The Morgan fingerprint density at radius 3 is 2.56 bits per heavy atom. The van der Waals surface area contributed by atoms with Gasteiger partial charge in [0.1, 0.15) is 6.61 Å². The highest BCUT2D eigenvalue weighted by Gasteiger charge is 2.43. The van der Waals surface area contributed by atoms with Crippen LogP contribution in [0.2, 0.25) is 0 Å². The van der Waals surface area contributed by atoms with Crippen LogP contribution in [-0.2, 0) is 16.0 Å². The molecule has 2 saturated heterocycles. The summed E-state index contributed by atoms with van der Waals surface area (Å²) in [6.07, 6.45) is 2.46. The van der Waals surface area contributed by atoms with Gasteiger partial charge in [-0.3, -0.25) is 9.59 Å². The number of anilines is 1. The molecule has 2 aromatic rings. The van der Waals surface area contributed by atoms with E-state index < -0.39 is 0 Å². The van der Waals surface area contributed by atoms with Crippen molar-refractivity contribution in [1.29, 1.82) is 0 Å². The molecule has 0 saturated carbocycles. The number of ether oxygens (including phenoxy) is 1. The largest absolute Gasteiger partial charge is 0.363 e. The zero-order valence-electron chi connectivity index (χ0n) is 15.5. The summed E-state index contributed by atoms with van der Waals surface area (Å²) in [5.41, 5.74) is 0.555. The first-order chi connectivity index (χ1) is 13.1. The Labute approximate surface area is 163 Å². The highest BCUT2D eigenvalue weighted by molar-refractivity contribution is 7.14. The lowest BCUT2D eigenvalue weighted by atomic mass is 9.89. The van der Waals surface area contributed by atoms with E-state index >= 15 is 0 Å². The molecule has 2 amide bonds. The minimum atomic E-state index is -0.357. The molecule has 2 fully saturated rings. The van der Waals surface area contributed by atoms with Gasteiger partial charge in [0.15, 0.2) is 0 Å². The standard InChI is InChI=1S/C21H24N2O3S/c1-2-17-8-9-18(27-17)20(25)22-12-10-21(11-13-22)15-23(19(24)14-26-21)16-6-4-3-5-7-16/h3-9H,2,10-15H2,1H3. The Bertz CT molecular complexity index is 825. The molecule has 4 rings (SSSR count). The zero-order chi connectivity index (χ0) is 18.9. The Morgan fingerprint density at radius 1 is 1.15 bits per heavy atom. The lowest BCUT2D eigenvalue weighted by Crippen LogP contribution is -2.59. The summed E-state index contributed by atoms with van der Waals surface area (Å²) in [7, 11) is 0. The predicted octanol–water partition coefficient (Wildman–Crippen LogP) is 3.35. The molecule has 0 aliphatic carbocycles. The number of morpholine rings is 1. The first-order valence-electron chi connectivity index (χ1n) is 9.48. The number of aryl methyl sites for hydroxylation is 1. The van der Waals surface area contributed by atoms with Crippen molar-refractivity contribution in [1.82, 2.24) is 4.90 Å². The number of carbonyl (C=O) groups is 2. The quantitative estimate of drug-likeness (QED) is 0.815. The fourth-order valence-electron chi connectivity index (χ4n) is 3.82. The third-order valence-corrected chi connectivity index (χ3v) is 6.72. The van der Waals surface area contributed by atoms with Crippen LogP contribution >= 0.6 is 11.3 Å². The van der Waals surface area contributed by atoms with E-state index in [1.54, 1.807) is 11.3 Å². The van der Waals surface area contributed by atoms with Crippen molar-refractivity contribution in [3.05, 3.63) is 52.2 Å². The first kappa shape index (κ1) is 18.2.